The Balaban J connectivity index is 1.40. The van der Waals surface area contributed by atoms with Crippen LogP contribution in [-0.4, -0.2) is 23.3 Å². The monoisotopic (exact) mass is 374 g/mol. The van der Waals surface area contributed by atoms with Crippen LogP contribution in [0.25, 0.3) is 11.3 Å². The van der Waals surface area contributed by atoms with Gasteiger partial charge in [0.2, 0.25) is 0 Å². The van der Waals surface area contributed by atoms with Crippen LogP contribution in [-0.2, 0) is 11.3 Å². The molecule has 3 unspecified atom stereocenters. The van der Waals surface area contributed by atoms with Crippen LogP contribution in [0, 0.1) is 17.6 Å². The van der Waals surface area contributed by atoms with Crippen LogP contribution in [0.2, 0.25) is 0 Å². The average Bonchev–Trinajstić information content (AvgIpc) is 3.36. The molecule has 0 amide bonds. The summed E-state index contributed by atoms with van der Waals surface area (Å²) in [4.78, 5) is 0. The molecular weight excluding hydrogens is 350 g/mol. The van der Waals surface area contributed by atoms with Crippen molar-refractivity contribution in [3.05, 3.63) is 41.2 Å². The minimum Gasteiger partial charge on any atom is -0.373 e. The van der Waals surface area contributed by atoms with Gasteiger partial charge >= 0.3 is 0 Å². The van der Waals surface area contributed by atoms with Crippen molar-refractivity contribution < 1.29 is 18.0 Å². The van der Waals surface area contributed by atoms with E-state index in [9.17, 15) is 8.78 Å². The summed E-state index contributed by atoms with van der Waals surface area (Å²) in [6.07, 6.45) is 5.45. The molecule has 3 fully saturated rings. The quantitative estimate of drug-likeness (QED) is 0.835. The maximum Gasteiger partial charge on any atom is 0.168 e. The highest BCUT2D eigenvalue weighted by Crippen LogP contribution is 2.45. The number of nitrogens with one attached hydrogen (secondary N) is 1. The van der Waals surface area contributed by atoms with Gasteiger partial charge in [-0.05, 0) is 50.2 Å². The third-order valence-corrected chi connectivity index (χ3v) is 6.29. The van der Waals surface area contributed by atoms with Crippen LogP contribution in [0.4, 0.5) is 8.78 Å². The Morgan fingerprint density at radius 3 is 2.85 bits per heavy atom. The van der Waals surface area contributed by atoms with Crippen LogP contribution in [0.1, 0.15) is 56.3 Å². The fourth-order valence-corrected chi connectivity index (χ4v) is 4.67. The summed E-state index contributed by atoms with van der Waals surface area (Å²) >= 11 is 0. The smallest absolute Gasteiger partial charge is 0.168 e. The normalized spacial score (nSPS) is 30.0. The van der Waals surface area contributed by atoms with E-state index in [4.69, 9.17) is 9.26 Å². The van der Waals surface area contributed by atoms with Crippen LogP contribution >= 0.6 is 0 Å². The highest BCUT2D eigenvalue weighted by Gasteiger charge is 2.39. The minimum atomic E-state index is -0.886. The predicted octanol–water partition coefficient (Wildman–Crippen LogP) is 4.54. The zero-order valence-corrected chi connectivity index (χ0v) is 15.4. The number of fused-ring (bicyclic) bond motifs is 2. The van der Waals surface area contributed by atoms with Gasteiger partial charge in [-0.1, -0.05) is 18.1 Å². The zero-order valence-electron chi connectivity index (χ0n) is 15.4. The van der Waals surface area contributed by atoms with Crippen molar-refractivity contribution in [2.75, 3.05) is 0 Å². The van der Waals surface area contributed by atoms with Crippen LogP contribution in [0.15, 0.2) is 22.7 Å². The van der Waals surface area contributed by atoms with Crippen molar-refractivity contribution in [3.8, 4) is 11.3 Å². The van der Waals surface area contributed by atoms with Gasteiger partial charge in [-0.15, -0.1) is 0 Å². The molecule has 3 heterocycles. The van der Waals surface area contributed by atoms with Crippen molar-refractivity contribution in [3.63, 3.8) is 0 Å². The Kier molecular flexibility index (Phi) is 4.28. The molecule has 6 heteroatoms. The summed E-state index contributed by atoms with van der Waals surface area (Å²) in [7, 11) is 0. The molecule has 1 saturated carbocycles. The molecule has 0 radical (unpaired) electrons. The van der Waals surface area contributed by atoms with Crippen molar-refractivity contribution in [2.24, 2.45) is 5.92 Å². The lowest BCUT2D eigenvalue weighted by Crippen LogP contribution is -2.42. The van der Waals surface area contributed by atoms with E-state index in [-0.39, 0.29) is 11.7 Å². The number of aromatic nitrogens is 1. The second-order valence-electron chi connectivity index (χ2n) is 8.34. The Morgan fingerprint density at radius 2 is 2.07 bits per heavy atom. The standard InChI is InChI=1S/C21H24F2N2O2/c1-11-7-13-8-14(9-18(11)24-13)26-10-16-20(25-27-21(16)12-5-6-12)15-3-2-4-17(22)19(15)23/h2-4,11-14,18,24H,5-10H2,1H3/t11-,13?,14?,18?/m1/s1. The second kappa shape index (κ2) is 6.67. The number of piperidine rings is 1. The molecule has 5 rings (SSSR count). The zero-order chi connectivity index (χ0) is 18.5. The molecule has 2 aromatic rings. The highest BCUT2D eigenvalue weighted by molar-refractivity contribution is 5.64. The van der Waals surface area contributed by atoms with E-state index in [0.29, 0.717) is 36.2 Å². The van der Waals surface area contributed by atoms with Crippen LogP contribution in [0.5, 0.6) is 0 Å². The van der Waals surface area contributed by atoms with Crippen LogP contribution < -0.4 is 5.32 Å². The number of ether oxygens (including phenoxy) is 1. The summed E-state index contributed by atoms with van der Waals surface area (Å²) < 4.78 is 39.8. The lowest BCUT2D eigenvalue weighted by atomic mass is 9.99. The van der Waals surface area contributed by atoms with E-state index in [1.165, 1.54) is 12.5 Å². The Bertz CT molecular complexity index is 847. The molecular formula is C21H24F2N2O2. The second-order valence-corrected chi connectivity index (χ2v) is 8.34. The van der Waals surface area contributed by atoms with E-state index in [1.807, 2.05) is 0 Å². The summed E-state index contributed by atoms with van der Waals surface area (Å²) in [6.45, 7) is 2.62. The first kappa shape index (κ1) is 17.3. The van der Waals surface area contributed by atoms with Gasteiger partial charge in [-0.3, -0.25) is 0 Å². The van der Waals surface area contributed by atoms with E-state index >= 15 is 0 Å². The van der Waals surface area contributed by atoms with Crippen molar-refractivity contribution in [2.45, 2.75) is 69.7 Å². The summed E-state index contributed by atoms with van der Waals surface area (Å²) in [5, 5.41) is 7.75. The largest absolute Gasteiger partial charge is 0.373 e. The molecule has 2 saturated heterocycles. The Labute approximate surface area is 157 Å². The summed E-state index contributed by atoms with van der Waals surface area (Å²) in [5.74, 6) is 0.0187. The molecule has 1 aliphatic carbocycles. The van der Waals surface area contributed by atoms with E-state index < -0.39 is 11.6 Å². The number of hydrogen-bond donors (Lipinski definition) is 1. The first-order valence-electron chi connectivity index (χ1n) is 9.90. The molecule has 1 aromatic carbocycles. The van der Waals surface area contributed by atoms with Crippen molar-refractivity contribution in [1.82, 2.24) is 10.5 Å². The average molecular weight is 374 g/mol. The molecule has 1 aromatic heterocycles. The molecule has 3 aliphatic rings. The van der Waals surface area contributed by atoms with Gasteiger partial charge in [-0.25, -0.2) is 8.78 Å². The molecule has 2 bridgehead atoms. The van der Waals surface area contributed by atoms with Gasteiger partial charge in [0, 0.05) is 29.1 Å². The fourth-order valence-electron chi connectivity index (χ4n) is 4.67. The van der Waals surface area contributed by atoms with E-state index in [0.717, 1.165) is 43.1 Å². The summed E-state index contributed by atoms with van der Waals surface area (Å²) in [5.41, 5.74) is 1.29. The fraction of sp³-hybridized carbons (Fsp3) is 0.571. The molecule has 2 aliphatic heterocycles. The van der Waals surface area contributed by atoms with Gasteiger partial charge < -0.3 is 14.6 Å². The first-order chi connectivity index (χ1) is 13.1. The maximum absolute atomic E-state index is 14.3. The van der Waals surface area contributed by atoms with E-state index in [1.54, 1.807) is 6.07 Å². The van der Waals surface area contributed by atoms with Crippen molar-refractivity contribution in [1.29, 1.82) is 0 Å². The van der Waals surface area contributed by atoms with Gasteiger partial charge in [0.05, 0.1) is 12.7 Å². The molecule has 0 spiro atoms. The topological polar surface area (TPSA) is 47.3 Å². The number of rotatable bonds is 5. The summed E-state index contributed by atoms with van der Waals surface area (Å²) in [6, 6.07) is 5.19. The Hall–Kier alpha value is -1.79. The molecule has 1 N–H and O–H groups in total. The first-order valence-corrected chi connectivity index (χ1v) is 9.90. The molecule has 4 atom stereocenters. The number of halogens is 2. The van der Waals surface area contributed by atoms with Crippen LogP contribution in [0.3, 0.4) is 0 Å². The Morgan fingerprint density at radius 1 is 1.22 bits per heavy atom. The third kappa shape index (κ3) is 3.19. The number of benzene rings is 1. The van der Waals surface area contributed by atoms with E-state index in [2.05, 4.69) is 17.4 Å². The minimum absolute atomic E-state index is 0.142. The van der Waals surface area contributed by atoms with Gasteiger partial charge in [0.25, 0.3) is 0 Å². The van der Waals surface area contributed by atoms with Gasteiger partial charge in [0.15, 0.2) is 11.6 Å². The lowest BCUT2D eigenvalue weighted by Gasteiger charge is -2.29. The molecule has 27 heavy (non-hydrogen) atoms. The lowest BCUT2D eigenvalue weighted by molar-refractivity contribution is 0.00739. The molecule has 144 valence electrons. The number of nitrogens with zero attached hydrogens (tertiary/aromatic N) is 1. The SMILES string of the molecule is C[C@@H]1CC2CC(OCc3c(-c4cccc(F)c4F)noc3C3CC3)CC1N2. The van der Waals surface area contributed by atoms with Gasteiger partial charge in [-0.2, -0.15) is 0 Å². The van der Waals surface area contributed by atoms with Gasteiger partial charge in [0.1, 0.15) is 11.5 Å². The molecule has 4 nitrogen and oxygen atoms in total. The predicted molar refractivity (Wildman–Crippen MR) is 96.1 cm³/mol. The number of hydrogen-bond acceptors (Lipinski definition) is 4. The third-order valence-electron chi connectivity index (χ3n) is 6.29. The van der Waals surface area contributed by atoms with Crippen molar-refractivity contribution >= 4 is 0 Å². The highest BCUT2D eigenvalue weighted by atomic mass is 19.2. The maximum atomic E-state index is 14.3.